The first-order chi connectivity index (χ1) is 8.04. The van der Waals surface area contributed by atoms with E-state index in [0.29, 0.717) is 19.0 Å². The molecule has 2 fully saturated rings. The van der Waals surface area contributed by atoms with Gasteiger partial charge in [-0.1, -0.05) is 20.3 Å². The molecule has 1 saturated carbocycles. The Morgan fingerprint density at radius 3 is 2.24 bits per heavy atom. The van der Waals surface area contributed by atoms with Crippen molar-refractivity contribution < 1.29 is 8.42 Å². The van der Waals surface area contributed by atoms with Gasteiger partial charge in [0.1, 0.15) is 0 Å². The van der Waals surface area contributed by atoms with Gasteiger partial charge in [0.25, 0.3) is 0 Å². The lowest BCUT2D eigenvalue weighted by molar-refractivity contribution is 0.167. The lowest BCUT2D eigenvalue weighted by Gasteiger charge is -2.35. The lowest BCUT2D eigenvalue weighted by Crippen LogP contribution is -2.50. The molecule has 1 atom stereocenters. The molecule has 0 bridgehead atoms. The molecule has 1 heterocycles. The lowest BCUT2D eigenvalue weighted by atomic mass is 10.1. The normalized spacial score (nSPS) is 26.0. The van der Waals surface area contributed by atoms with Crippen LogP contribution in [0.5, 0.6) is 0 Å². The molecule has 0 spiro atoms. The summed E-state index contributed by atoms with van der Waals surface area (Å²) in [5.41, 5.74) is 0. The summed E-state index contributed by atoms with van der Waals surface area (Å²) in [4.78, 5) is 2.40. The van der Waals surface area contributed by atoms with Gasteiger partial charge in [0.15, 0.2) is 0 Å². The van der Waals surface area contributed by atoms with Crippen LogP contribution in [0.25, 0.3) is 0 Å². The summed E-state index contributed by atoms with van der Waals surface area (Å²) in [6.07, 6.45) is 2.94. The maximum atomic E-state index is 12.0. The van der Waals surface area contributed by atoms with Gasteiger partial charge in [-0.3, -0.25) is 0 Å². The van der Waals surface area contributed by atoms with Crippen LogP contribution in [0, 0.1) is 5.92 Å². The minimum absolute atomic E-state index is 0.0522. The zero-order valence-corrected chi connectivity index (χ0v) is 11.7. The molecule has 0 radical (unpaired) electrons. The molecule has 0 aromatic carbocycles. The van der Waals surface area contributed by atoms with Crippen molar-refractivity contribution in [2.24, 2.45) is 5.92 Å². The molecular formula is C12H24N2O2S. The molecule has 100 valence electrons. The Kier molecular flexibility index (Phi) is 4.10. The smallest absolute Gasteiger partial charge is 0.217 e. The molecule has 0 aromatic rings. The first-order valence-corrected chi connectivity index (χ1v) is 8.25. The van der Waals surface area contributed by atoms with Crippen molar-refractivity contribution in [1.29, 1.82) is 0 Å². The van der Waals surface area contributed by atoms with E-state index in [2.05, 4.69) is 18.7 Å². The Morgan fingerprint density at radius 1 is 1.18 bits per heavy atom. The van der Waals surface area contributed by atoms with Crippen LogP contribution in [0.4, 0.5) is 0 Å². The summed E-state index contributed by atoms with van der Waals surface area (Å²) < 4.78 is 25.8. The van der Waals surface area contributed by atoms with Gasteiger partial charge < -0.3 is 4.90 Å². The van der Waals surface area contributed by atoms with Gasteiger partial charge in [-0.2, -0.15) is 4.31 Å². The zero-order valence-electron chi connectivity index (χ0n) is 10.9. The molecule has 4 nitrogen and oxygen atoms in total. The summed E-state index contributed by atoms with van der Waals surface area (Å²) in [5.74, 6) is 0.710. The fourth-order valence-corrected chi connectivity index (χ4v) is 4.14. The molecule has 0 amide bonds. The monoisotopic (exact) mass is 260 g/mol. The van der Waals surface area contributed by atoms with Gasteiger partial charge in [-0.05, 0) is 18.8 Å². The predicted octanol–water partition coefficient (Wildman–Crippen LogP) is 1.14. The van der Waals surface area contributed by atoms with Crippen molar-refractivity contribution >= 4 is 10.0 Å². The standard InChI is InChI=1S/C12H24N2O2S/c1-3-11(2)10-13-6-8-14(9-7-13)17(15,16)12-4-5-12/h11-12H,3-10H2,1-2H3. The van der Waals surface area contributed by atoms with Crippen molar-refractivity contribution in [3.05, 3.63) is 0 Å². The first-order valence-electron chi connectivity index (χ1n) is 6.75. The Labute approximate surface area is 105 Å². The Balaban J connectivity index is 1.81. The van der Waals surface area contributed by atoms with E-state index in [-0.39, 0.29) is 5.25 Å². The van der Waals surface area contributed by atoms with Crippen molar-refractivity contribution in [2.45, 2.75) is 38.4 Å². The highest BCUT2D eigenvalue weighted by molar-refractivity contribution is 7.90. The minimum Gasteiger partial charge on any atom is -0.300 e. The molecule has 1 aliphatic carbocycles. The maximum absolute atomic E-state index is 12.0. The number of hydrogen-bond donors (Lipinski definition) is 0. The van der Waals surface area contributed by atoms with Crippen LogP contribution in [0.3, 0.4) is 0 Å². The summed E-state index contributed by atoms with van der Waals surface area (Å²) in [5, 5.41) is -0.0522. The topological polar surface area (TPSA) is 40.6 Å². The molecular weight excluding hydrogens is 236 g/mol. The van der Waals surface area contributed by atoms with Crippen LogP contribution in [0.1, 0.15) is 33.1 Å². The average molecular weight is 260 g/mol. The summed E-state index contributed by atoms with van der Waals surface area (Å²) in [6, 6.07) is 0. The molecule has 5 heteroatoms. The largest absolute Gasteiger partial charge is 0.300 e. The Morgan fingerprint density at radius 2 is 1.76 bits per heavy atom. The molecule has 2 aliphatic rings. The van der Waals surface area contributed by atoms with Crippen LogP contribution < -0.4 is 0 Å². The third-order valence-corrected chi connectivity index (χ3v) is 6.30. The highest BCUT2D eigenvalue weighted by Gasteiger charge is 2.40. The molecule has 17 heavy (non-hydrogen) atoms. The van der Waals surface area contributed by atoms with Gasteiger partial charge in [0, 0.05) is 32.7 Å². The number of rotatable bonds is 5. The maximum Gasteiger partial charge on any atom is 0.217 e. The van der Waals surface area contributed by atoms with Crippen molar-refractivity contribution in [1.82, 2.24) is 9.21 Å². The van der Waals surface area contributed by atoms with Gasteiger partial charge in [-0.15, -0.1) is 0 Å². The molecule has 2 rings (SSSR count). The number of piperazine rings is 1. The van der Waals surface area contributed by atoms with Crippen LogP contribution in [0.2, 0.25) is 0 Å². The predicted molar refractivity (Wildman–Crippen MR) is 69.4 cm³/mol. The quantitative estimate of drug-likeness (QED) is 0.744. The van der Waals surface area contributed by atoms with Gasteiger partial charge in [0.2, 0.25) is 10.0 Å². The third kappa shape index (κ3) is 3.20. The second-order valence-corrected chi connectivity index (χ2v) is 7.67. The van der Waals surface area contributed by atoms with Crippen molar-refractivity contribution in [3.63, 3.8) is 0 Å². The highest BCUT2D eigenvalue weighted by Crippen LogP contribution is 2.31. The van der Waals surface area contributed by atoms with Crippen molar-refractivity contribution in [3.8, 4) is 0 Å². The highest BCUT2D eigenvalue weighted by atomic mass is 32.2. The Hall–Kier alpha value is -0.130. The van der Waals surface area contributed by atoms with Gasteiger partial charge in [0.05, 0.1) is 5.25 Å². The van der Waals surface area contributed by atoms with Crippen molar-refractivity contribution in [2.75, 3.05) is 32.7 Å². The van der Waals surface area contributed by atoms with Crippen LogP contribution in [0.15, 0.2) is 0 Å². The van der Waals surface area contributed by atoms with E-state index >= 15 is 0 Å². The molecule has 0 N–H and O–H groups in total. The van der Waals surface area contributed by atoms with Gasteiger partial charge >= 0.3 is 0 Å². The summed E-state index contributed by atoms with van der Waals surface area (Å²) in [6.45, 7) is 8.75. The second kappa shape index (κ2) is 5.24. The average Bonchev–Trinajstić information content (AvgIpc) is 3.13. The minimum atomic E-state index is -2.94. The Bertz CT molecular complexity index is 344. The van der Waals surface area contributed by atoms with Crippen LogP contribution in [-0.4, -0.2) is 55.6 Å². The number of nitrogens with zero attached hydrogens (tertiary/aromatic N) is 2. The second-order valence-electron chi connectivity index (χ2n) is 5.46. The first kappa shape index (κ1) is 13.3. The summed E-state index contributed by atoms with van der Waals surface area (Å²) >= 11 is 0. The molecule has 1 unspecified atom stereocenters. The SMILES string of the molecule is CCC(C)CN1CCN(S(=O)(=O)C2CC2)CC1. The third-order valence-electron chi connectivity index (χ3n) is 3.90. The number of sulfonamides is 1. The fourth-order valence-electron chi connectivity index (χ4n) is 2.31. The van der Waals surface area contributed by atoms with E-state index in [0.717, 1.165) is 32.5 Å². The molecule has 1 aliphatic heterocycles. The van der Waals surface area contributed by atoms with Gasteiger partial charge in [-0.25, -0.2) is 8.42 Å². The van der Waals surface area contributed by atoms with Crippen LogP contribution >= 0.6 is 0 Å². The van der Waals surface area contributed by atoms with E-state index < -0.39 is 10.0 Å². The molecule has 0 aromatic heterocycles. The van der Waals surface area contributed by atoms with E-state index in [4.69, 9.17) is 0 Å². The van der Waals surface area contributed by atoms with E-state index in [1.807, 2.05) is 0 Å². The number of hydrogen-bond acceptors (Lipinski definition) is 3. The van der Waals surface area contributed by atoms with E-state index in [9.17, 15) is 8.42 Å². The summed E-state index contributed by atoms with van der Waals surface area (Å²) in [7, 11) is -2.94. The van der Waals surface area contributed by atoms with Crippen LogP contribution in [-0.2, 0) is 10.0 Å². The fraction of sp³-hybridized carbons (Fsp3) is 1.00. The van der Waals surface area contributed by atoms with E-state index in [1.165, 1.54) is 6.42 Å². The van der Waals surface area contributed by atoms with E-state index in [1.54, 1.807) is 4.31 Å². The molecule has 1 saturated heterocycles. The zero-order chi connectivity index (χ0) is 12.5.